The minimum absolute atomic E-state index is 0.0587. The molecule has 1 amide bonds. The number of amides is 1. The minimum Gasteiger partial charge on any atom is -0.492 e. The van der Waals surface area contributed by atoms with Gasteiger partial charge in [-0.25, -0.2) is 8.42 Å². The van der Waals surface area contributed by atoms with Crippen LogP contribution in [0.1, 0.15) is 25.0 Å². The highest BCUT2D eigenvalue weighted by Gasteiger charge is 2.29. The van der Waals surface area contributed by atoms with Crippen LogP contribution in [-0.2, 0) is 27.0 Å². The summed E-state index contributed by atoms with van der Waals surface area (Å²) in [7, 11) is 0.360. The summed E-state index contributed by atoms with van der Waals surface area (Å²) >= 11 is 0. The van der Waals surface area contributed by atoms with Gasteiger partial charge in [0.2, 0.25) is 16.8 Å². The summed E-state index contributed by atoms with van der Waals surface area (Å²) < 4.78 is 35.8. The number of anilines is 1. The molecule has 31 heavy (non-hydrogen) atoms. The van der Waals surface area contributed by atoms with E-state index in [1.54, 1.807) is 32.0 Å². The second-order valence-corrected chi connectivity index (χ2v) is 8.70. The molecular formula is C21H28N3O5PS. The topological polar surface area (TPSA) is 120 Å². The fourth-order valence-electron chi connectivity index (χ4n) is 2.68. The maximum absolute atomic E-state index is 12.6. The molecule has 0 saturated heterocycles. The summed E-state index contributed by atoms with van der Waals surface area (Å²) in [6.07, 6.45) is 0. The average Bonchev–Trinajstić information content (AvgIpc) is 2.72. The number of nitrogens with one attached hydrogen (secondary N) is 2. The molecule has 0 radical (unpaired) electrons. The molecule has 10 heteroatoms. The number of thiol groups is 1. The van der Waals surface area contributed by atoms with Gasteiger partial charge in [-0.15, -0.1) is 8.86 Å². The molecule has 0 aliphatic rings. The van der Waals surface area contributed by atoms with Crippen LogP contribution in [0.2, 0.25) is 0 Å². The molecule has 0 fully saturated rings. The molecule has 4 N–H and O–H groups in total. The molecule has 0 aliphatic heterocycles. The highest BCUT2D eigenvalue weighted by atomic mass is 32.2. The normalized spacial score (nSPS) is 11.2. The standard InChI is InChI=1S/C21H28N3O5PS/c1-21(2,20(25)23-11-12-28-13-15-7-4-3-5-8-15)14-29-17-10-6-9-16(24-31(26)27)18(17)19(22)30/h3-10,30-31H,11-14,22H2,1-2H3,(H,23,25)(H,24,26,27). The Kier molecular flexibility index (Phi) is 9.45. The Hall–Kier alpha value is -2.45. The Balaban J connectivity index is 1.88. The number of carbonyl (C=O) groups excluding carboxylic acids is 1. The summed E-state index contributed by atoms with van der Waals surface area (Å²) in [5.41, 5.74) is 6.92. The number of nitrogens with two attached hydrogens (primary N) is 1. The number of rotatable bonds is 12. The number of carbonyl (C=O) groups is 1. The van der Waals surface area contributed by atoms with Crippen LogP contribution >= 0.6 is 8.86 Å². The molecule has 0 atom stereocenters. The predicted octanol–water partition coefficient (Wildman–Crippen LogP) is 1.94. The quantitative estimate of drug-likeness (QED) is 0.216. The van der Waals surface area contributed by atoms with Crippen LogP contribution < -0.4 is 20.5 Å². The van der Waals surface area contributed by atoms with Crippen LogP contribution in [0.25, 0.3) is 0 Å². The van der Waals surface area contributed by atoms with Gasteiger partial charge in [-0.05, 0) is 31.5 Å². The van der Waals surface area contributed by atoms with Crippen molar-refractivity contribution in [1.82, 2.24) is 5.32 Å². The second-order valence-electron chi connectivity index (χ2n) is 7.43. The molecule has 8 nitrogen and oxygen atoms in total. The van der Waals surface area contributed by atoms with Crippen molar-refractivity contribution in [3.63, 3.8) is 0 Å². The summed E-state index contributed by atoms with van der Waals surface area (Å²) in [5, 5.41) is 2.84. The fourth-order valence-corrected chi connectivity index (χ4v) is 3.33. The molecular weight excluding hydrogens is 437 g/mol. The van der Waals surface area contributed by atoms with E-state index in [0.717, 1.165) is 5.56 Å². The molecule has 0 bridgehead atoms. The fraction of sp³-hybridized carbons (Fsp3) is 0.333. The van der Waals surface area contributed by atoms with Crippen molar-refractivity contribution in [2.75, 3.05) is 24.5 Å². The number of benzene rings is 2. The molecule has 2 rings (SSSR count). The molecule has 0 unspecified atom stereocenters. The zero-order valence-corrected chi connectivity index (χ0v) is 19.4. The van der Waals surface area contributed by atoms with Crippen LogP contribution in [0.5, 0.6) is 5.75 Å². The SMILES string of the molecule is CC(C)(COc1cccc(N[SH](=O)=O)c1C(N)=P)C(=O)NCCOCc1ccccc1. The summed E-state index contributed by atoms with van der Waals surface area (Å²) in [4.78, 5) is 12.6. The van der Waals surface area contributed by atoms with E-state index >= 15 is 0 Å². The number of hydrogen-bond acceptors (Lipinski definition) is 5. The van der Waals surface area contributed by atoms with Gasteiger partial charge >= 0.3 is 0 Å². The van der Waals surface area contributed by atoms with E-state index < -0.39 is 16.3 Å². The van der Waals surface area contributed by atoms with Crippen molar-refractivity contribution in [1.29, 1.82) is 0 Å². The third-order valence-corrected chi connectivity index (χ3v) is 5.03. The van der Waals surface area contributed by atoms with E-state index in [9.17, 15) is 13.2 Å². The lowest BCUT2D eigenvalue weighted by Gasteiger charge is -2.25. The third kappa shape index (κ3) is 7.95. The van der Waals surface area contributed by atoms with Crippen LogP contribution in [0, 0.1) is 5.41 Å². The minimum atomic E-state index is -2.87. The van der Waals surface area contributed by atoms with Crippen molar-refractivity contribution in [2.45, 2.75) is 20.5 Å². The monoisotopic (exact) mass is 465 g/mol. The van der Waals surface area contributed by atoms with Gasteiger partial charge in [-0.2, -0.15) is 0 Å². The van der Waals surface area contributed by atoms with E-state index in [1.807, 2.05) is 30.3 Å². The van der Waals surface area contributed by atoms with Gasteiger partial charge in [-0.3, -0.25) is 15.3 Å². The van der Waals surface area contributed by atoms with E-state index in [-0.39, 0.29) is 23.6 Å². The van der Waals surface area contributed by atoms with Crippen molar-refractivity contribution >= 4 is 36.8 Å². The third-order valence-electron chi connectivity index (χ3n) is 4.35. The van der Waals surface area contributed by atoms with Gasteiger partial charge in [0, 0.05) is 12.0 Å². The molecule has 0 saturated carbocycles. The first-order valence-electron chi connectivity index (χ1n) is 9.62. The van der Waals surface area contributed by atoms with Crippen LogP contribution in [0.15, 0.2) is 48.5 Å². The lowest BCUT2D eigenvalue weighted by molar-refractivity contribution is -0.131. The Bertz CT molecular complexity index is 972. The molecule has 2 aromatic carbocycles. The predicted molar refractivity (Wildman–Crippen MR) is 125 cm³/mol. The molecule has 0 spiro atoms. The Morgan fingerprint density at radius 1 is 1.13 bits per heavy atom. The van der Waals surface area contributed by atoms with Crippen molar-refractivity contribution in [3.05, 3.63) is 59.7 Å². The summed E-state index contributed by atoms with van der Waals surface area (Å²) in [6.45, 7) is 4.81. The Morgan fingerprint density at radius 3 is 2.48 bits per heavy atom. The average molecular weight is 466 g/mol. The highest BCUT2D eigenvalue weighted by molar-refractivity contribution is 7.73. The first-order chi connectivity index (χ1) is 14.7. The first kappa shape index (κ1) is 24.8. The first-order valence-corrected chi connectivity index (χ1v) is 11.3. The molecule has 0 heterocycles. The van der Waals surface area contributed by atoms with Gasteiger partial charge < -0.3 is 14.8 Å². The van der Waals surface area contributed by atoms with Crippen LogP contribution in [0.4, 0.5) is 5.69 Å². The number of ether oxygens (including phenoxy) is 2. The zero-order chi connectivity index (χ0) is 22.9. The van der Waals surface area contributed by atoms with Crippen molar-refractivity contribution in [2.24, 2.45) is 11.1 Å². The van der Waals surface area contributed by atoms with E-state index in [2.05, 4.69) is 18.9 Å². The van der Waals surface area contributed by atoms with Gasteiger partial charge in [0.15, 0.2) is 0 Å². The Morgan fingerprint density at radius 2 is 1.84 bits per heavy atom. The van der Waals surface area contributed by atoms with Gasteiger partial charge in [-0.1, -0.05) is 36.4 Å². The maximum atomic E-state index is 12.6. The second kappa shape index (κ2) is 11.8. The summed E-state index contributed by atoms with van der Waals surface area (Å²) in [5.74, 6) is 0.158. The number of hydrogen-bond donors (Lipinski definition) is 4. The molecule has 0 aromatic heterocycles. The van der Waals surface area contributed by atoms with E-state index in [1.165, 1.54) is 0 Å². The molecule has 2 aromatic rings. The van der Waals surface area contributed by atoms with Crippen LogP contribution in [-0.4, -0.2) is 39.5 Å². The lowest BCUT2D eigenvalue weighted by Crippen LogP contribution is -2.42. The Labute approximate surface area is 186 Å². The highest BCUT2D eigenvalue weighted by Crippen LogP contribution is 2.28. The molecule has 168 valence electrons. The van der Waals surface area contributed by atoms with Crippen molar-refractivity contribution < 1.29 is 22.7 Å². The largest absolute Gasteiger partial charge is 0.492 e. The van der Waals surface area contributed by atoms with E-state index in [4.69, 9.17) is 15.2 Å². The zero-order valence-electron chi connectivity index (χ0n) is 17.5. The maximum Gasteiger partial charge on any atom is 0.229 e. The summed E-state index contributed by atoms with van der Waals surface area (Å²) in [6, 6.07) is 14.6. The van der Waals surface area contributed by atoms with Gasteiger partial charge in [0.05, 0.1) is 29.9 Å². The lowest BCUT2D eigenvalue weighted by atomic mass is 9.93. The molecule has 0 aliphatic carbocycles. The van der Waals surface area contributed by atoms with Crippen molar-refractivity contribution in [3.8, 4) is 5.75 Å². The van der Waals surface area contributed by atoms with Gasteiger partial charge in [0.25, 0.3) is 0 Å². The van der Waals surface area contributed by atoms with Gasteiger partial charge in [0.1, 0.15) is 12.4 Å². The smallest absolute Gasteiger partial charge is 0.229 e. The van der Waals surface area contributed by atoms with E-state index in [0.29, 0.717) is 31.1 Å². The van der Waals surface area contributed by atoms with Crippen LogP contribution in [0.3, 0.4) is 0 Å².